The number of hydrogen-bond donors (Lipinski definition) is 2. The highest BCUT2D eigenvalue weighted by atomic mass is 16.5. The van der Waals surface area contributed by atoms with E-state index in [0.717, 1.165) is 24.8 Å². The molecule has 0 aromatic heterocycles. The van der Waals surface area contributed by atoms with Gasteiger partial charge in [-0.25, -0.2) is 0 Å². The summed E-state index contributed by atoms with van der Waals surface area (Å²) in [5.41, 5.74) is 1.26. The van der Waals surface area contributed by atoms with Crippen molar-refractivity contribution >= 4 is 17.5 Å². The fraction of sp³-hybridized carbons (Fsp3) is 0.412. The van der Waals surface area contributed by atoms with E-state index >= 15 is 0 Å². The summed E-state index contributed by atoms with van der Waals surface area (Å²) in [6.07, 6.45) is 4.43. The first-order valence-corrected chi connectivity index (χ1v) is 7.41. The zero-order chi connectivity index (χ0) is 16.0. The molecule has 0 saturated heterocycles. The van der Waals surface area contributed by atoms with Gasteiger partial charge < -0.3 is 15.4 Å². The van der Waals surface area contributed by atoms with Crippen molar-refractivity contribution in [2.75, 3.05) is 25.6 Å². The minimum atomic E-state index is -0.432. The van der Waals surface area contributed by atoms with Gasteiger partial charge in [0.15, 0.2) is 0 Å². The van der Waals surface area contributed by atoms with E-state index in [1.165, 1.54) is 7.11 Å². The molecule has 118 valence electrons. The van der Waals surface area contributed by atoms with Crippen LogP contribution < -0.4 is 10.6 Å². The molecular weight excluding hydrogens is 280 g/mol. The predicted octanol–water partition coefficient (Wildman–Crippen LogP) is 2.00. The van der Waals surface area contributed by atoms with E-state index in [1.807, 2.05) is 24.3 Å². The molecule has 0 spiro atoms. The summed E-state index contributed by atoms with van der Waals surface area (Å²) in [6.45, 7) is 4.12. The molecule has 2 amide bonds. The van der Waals surface area contributed by atoms with E-state index < -0.39 is 5.41 Å². The molecule has 0 radical (unpaired) electrons. The number of amides is 2. The summed E-state index contributed by atoms with van der Waals surface area (Å²) in [4.78, 5) is 23.9. The number of carbonyl (C=O) groups is 2. The van der Waals surface area contributed by atoms with Crippen molar-refractivity contribution in [3.05, 3.63) is 42.5 Å². The maximum atomic E-state index is 12.4. The van der Waals surface area contributed by atoms with Crippen LogP contribution in [0, 0.1) is 0 Å². The van der Waals surface area contributed by atoms with Crippen molar-refractivity contribution < 1.29 is 14.3 Å². The molecule has 1 fully saturated rings. The topological polar surface area (TPSA) is 67.4 Å². The van der Waals surface area contributed by atoms with Gasteiger partial charge >= 0.3 is 0 Å². The lowest BCUT2D eigenvalue weighted by Gasteiger charge is -2.40. The van der Waals surface area contributed by atoms with Gasteiger partial charge in [-0.3, -0.25) is 9.59 Å². The fourth-order valence-electron chi connectivity index (χ4n) is 2.71. The van der Waals surface area contributed by atoms with Gasteiger partial charge in [0.1, 0.15) is 6.61 Å². The van der Waals surface area contributed by atoms with E-state index in [2.05, 4.69) is 17.2 Å². The average Bonchev–Trinajstić information content (AvgIpc) is 2.46. The zero-order valence-corrected chi connectivity index (χ0v) is 12.9. The molecule has 0 unspecified atom stereocenters. The van der Waals surface area contributed by atoms with Crippen LogP contribution in [0.3, 0.4) is 0 Å². The van der Waals surface area contributed by atoms with E-state index in [4.69, 9.17) is 4.74 Å². The first-order chi connectivity index (χ1) is 10.6. The van der Waals surface area contributed by atoms with Gasteiger partial charge in [-0.2, -0.15) is 0 Å². The van der Waals surface area contributed by atoms with Crippen LogP contribution in [-0.2, 0) is 19.7 Å². The normalized spacial score (nSPS) is 15.5. The second kappa shape index (κ2) is 7.22. The van der Waals surface area contributed by atoms with Crippen molar-refractivity contribution in [1.29, 1.82) is 0 Å². The maximum Gasteiger partial charge on any atom is 0.250 e. The molecule has 1 aromatic carbocycles. The first-order valence-electron chi connectivity index (χ1n) is 7.41. The van der Waals surface area contributed by atoms with Crippen LogP contribution >= 0.6 is 0 Å². The van der Waals surface area contributed by atoms with Crippen molar-refractivity contribution in [2.45, 2.75) is 24.7 Å². The largest absolute Gasteiger partial charge is 0.375 e. The van der Waals surface area contributed by atoms with Gasteiger partial charge in [-0.1, -0.05) is 24.6 Å². The Hall–Kier alpha value is -2.14. The molecule has 0 atom stereocenters. The van der Waals surface area contributed by atoms with E-state index in [-0.39, 0.29) is 18.4 Å². The second-order valence-corrected chi connectivity index (χ2v) is 5.49. The number of hydrogen-bond acceptors (Lipinski definition) is 3. The van der Waals surface area contributed by atoms with E-state index in [0.29, 0.717) is 12.2 Å². The fourth-order valence-corrected chi connectivity index (χ4v) is 2.71. The summed E-state index contributed by atoms with van der Waals surface area (Å²) in [6, 6.07) is 7.47. The van der Waals surface area contributed by atoms with Crippen LogP contribution in [0.15, 0.2) is 36.9 Å². The third-order valence-electron chi connectivity index (χ3n) is 4.05. The molecule has 5 heteroatoms. The van der Waals surface area contributed by atoms with Crippen LogP contribution in [0.1, 0.15) is 24.8 Å². The number of rotatable bonds is 7. The standard InChI is InChI=1S/C17H22N2O3/c1-3-11-18-16(21)17(9-4-10-17)13-5-7-14(8-6-13)19-15(20)12-22-2/h3,5-8H,1,4,9-12H2,2H3,(H,18,21)(H,19,20). The van der Waals surface area contributed by atoms with Gasteiger partial charge in [0.05, 0.1) is 5.41 Å². The number of carbonyl (C=O) groups excluding carboxylic acids is 2. The molecule has 2 rings (SSSR count). The number of methoxy groups -OCH3 is 1. The Morgan fingerprint density at radius 2 is 2.00 bits per heavy atom. The van der Waals surface area contributed by atoms with Crippen molar-refractivity contribution in [3.8, 4) is 0 Å². The molecule has 5 nitrogen and oxygen atoms in total. The smallest absolute Gasteiger partial charge is 0.250 e. The summed E-state index contributed by atoms with van der Waals surface area (Å²) >= 11 is 0. The quantitative estimate of drug-likeness (QED) is 0.757. The van der Waals surface area contributed by atoms with Crippen molar-refractivity contribution in [1.82, 2.24) is 5.32 Å². The minimum Gasteiger partial charge on any atom is -0.375 e. The zero-order valence-electron chi connectivity index (χ0n) is 12.9. The number of anilines is 1. The third kappa shape index (κ3) is 3.36. The molecule has 1 aliphatic carbocycles. The molecule has 2 N–H and O–H groups in total. The van der Waals surface area contributed by atoms with Gasteiger partial charge in [0.2, 0.25) is 11.8 Å². The lowest BCUT2D eigenvalue weighted by molar-refractivity contribution is -0.129. The first kappa shape index (κ1) is 16.2. The van der Waals surface area contributed by atoms with Crippen LogP contribution in [-0.4, -0.2) is 32.1 Å². The minimum absolute atomic E-state index is 0.0235. The number of nitrogens with one attached hydrogen (secondary N) is 2. The maximum absolute atomic E-state index is 12.4. The summed E-state index contributed by atoms with van der Waals surface area (Å²) in [7, 11) is 1.48. The Morgan fingerprint density at radius 1 is 1.32 bits per heavy atom. The number of benzene rings is 1. The lowest BCUT2D eigenvalue weighted by Crippen LogP contribution is -2.49. The predicted molar refractivity (Wildman–Crippen MR) is 85.7 cm³/mol. The Balaban J connectivity index is 2.09. The van der Waals surface area contributed by atoms with Crippen LogP contribution in [0.25, 0.3) is 0 Å². The number of ether oxygens (including phenoxy) is 1. The molecule has 0 aliphatic heterocycles. The van der Waals surface area contributed by atoms with E-state index in [1.54, 1.807) is 6.08 Å². The molecular formula is C17H22N2O3. The van der Waals surface area contributed by atoms with Crippen molar-refractivity contribution in [2.24, 2.45) is 0 Å². The third-order valence-corrected chi connectivity index (χ3v) is 4.05. The highest BCUT2D eigenvalue weighted by Gasteiger charge is 2.45. The summed E-state index contributed by atoms with van der Waals surface area (Å²) in [5.74, 6) is -0.146. The molecule has 22 heavy (non-hydrogen) atoms. The Kier molecular flexibility index (Phi) is 5.33. The highest BCUT2D eigenvalue weighted by molar-refractivity contribution is 5.92. The van der Waals surface area contributed by atoms with Gasteiger partial charge in [-0.15, -0.1) is 6.58 Å². The van der Waals surface area contributed by atoms with Gasteiger partial charge in [0, 0.05) is 19.3 Å². The molecule has 1 aliphatic rings. The Bertz CT molecular complexity index is 548. The summed E-state index contributed by atoms with van der Waals surface area (Å²) in [5, 5.41) is 5.64. The van der Waals surface area contributed by atoms with E-state index in [9.17, 15) is 9.59 Å². The van der Waals surface area contributed by atoms with Crippen molar-refractivity contribution in [3.63, 3.8) is 0 Å². The SMILES string of the molecule is C=CCNC(=O)C1(c2ccc(NC(=O)COC)cc2)CCC1. The monoisotopic (exact) mass is 302 g/mol. The average molecular weight is 302 g/mol. The van der Waals surface area contributed by atoms with Crippen LogP contribution in [0.2, 0.25) is 0 Å². The lowest BCUT2D eigenvalue weighted by atomic mass is 9.64. The molecule has 1 saturated carbocycles. The van der Waals surface area contributed by atoms with Crippen LogP contribution in [0.5, 0.6) is 0 Å². The second-order valence-electron chi connectivity index (χ2n) is 5.49. The van der Waals surface area contributed by atoms with Crippen LogP contribution in [0.4, 0.5) is 5.69 Å². The highest BCUT2D eigenvalue weighted by Crippen LogP contribution is 2.44. The van der Waals surface area contributed by atoms with Gasteiger partial charge in [0.25, 0.3) is 0 Å². The summed E-state index contributed by atoms with van der Waals surface area (Å²) < 4.78 is 4.78. The molecule has 0 heterocycles. The molecule has 0 bridgehead atoms. The van der Waals surface area contributed by atoms with Gasteiger partial charge in [-0.05, 0) is 30.5 Å². The molecule has 1 aromatic rings. The Labute approximate surface area is 130 Å². The Morgan fingerprint density at radius 3 is 2.50 bits per heavy atom.